The van der Waals surface area contributed by atoms with Crippen LogP contribution in [-0.2, 0) is 10.0 Å². The summed E-state index contributed by atoms with van der Waals surface area (Å²) in [4.78, 5) is 0.326. The third kappa shape index (κ3) is 3.21. The van der Waals surface area contributed by atoms with E-state index in [2.05, 4.69) is 11.6 Å². The van der Waals surface area contributed by atoms with Crippen molar-refractivity contribution in [1.82, 2.24) is 4.72 Å². The zero-order valence-corrected chi connectivity index (χ0v) is 14.4. The molecule has 2 aromatic rings. The standard InChI is InChI=1S/C18H23NO3S/c1-13-7-3-6-10-16(13)19-23(20,21)18-12-11-17(22-2)14-8-4-5-9-15(14)18/h4-5,8-9,11-13,16,19H,3,6-7,10H2,1-2H3/t13-,16-/m1/s1. The summed E-state index contributed by atoms with van der Waals surface area (Å²) in [6.07, 6.45) is 4.26. The fourth-order valence-electron chi connectivity index (χ4n) is 3.41. The lowest BCUT2D eigenvalue weighted by molar-refractivity contribution is 0.310. The van der Waals surface area contributed by atoms with Gasteiger partial charge in [0.2, 0.25) is 10.0 Å². The largest absolute Gasteiger partial charge is 0.496 e. The van der Waals surface area contributed by atoms with Crippen molar-refractivity contribution in [3.63, 3.8) is 0 Å². The zero-order valence-electron chi connectivity index (χ0n) is 13.6. The molecular weight excluding hydrogens is 310 g/mol. The first-order valence-electron chi connectivity index (χ1n) is 8.11. The number of fused-ring (bicyclic) bond motifs is 1. The van der Waals surface area contributed by atoms with E-state index in [0.717, 1.165) is 24.6 Å². The molecular formula is C18H23NO3S. The molecule has 4 nitrogen and oxygen atoms in total. The van der Waals surface area contributed by atoms with E-state index in [1.807, 2.05) is 24.3 Å². The Bertz CT molecular complexity index is 801. The minimum Gasteiger partial charge on any atom is -0.496 e. The summed E-state index contributed by atoms with van der Waals surface area (Å²) >= 11 is 0. The van der Waals surface area contributed by atoms with E-state index in [1.54, 1.807) is 19.2 Å². The Kier molecular flexibility index (Phi) is 4.60. The maximum absolute atomic E-state index is 12.9. The summed E-state index contributed by atoms with van der Waals surface area (Å²) in [5.74, 6) is 1.06. The first-order valence-corrected chi connectivity index (χ1v) is 9.59. The van der Waals surface area contributed by atoms with Crippen LogP contribution in [0.25, 0.3) is 10.8 Å². The summed E-state index contributed by atoms with van der Waals surface area (Å²) in [6, 6.07) is 10.8. The van der Waals surface area contributed by atoms with Crippen LogP contribution in [0.15, 0.2) is 41.3 Å². The van der Waals surface area contributed by atoms with Crippen molar-refractivity contribution in [2.24, 2.45) is 5.92 Å². The van der Waals surface area contributed by atoms with Crippen molar-refractivity contribution in [2.45, 2.75) is 43.5 Å². The summed E-state index contributed by atoms with van der Waals surface area (Å²) < 4.78 is 34.1. The van der Waals surface area contributed by atoms with Crippen molar-refractivity contribution < 1.29 is 13.2 Å². The minimum atomic E-state index is -3.55. The van der Waals surface area contributed by atoms with E-state index in [9.17, 15) is 8.42 Å². The molecule has 1 N–H and O–H groups in total. The number of benzene rings is 2. The highest BCUT2D eigenvalue weighted by Gasteiger charge is 2.28. The van der Waals surface area contributed by atoms with Crippen LogP contribution in [0.1, 0.15) is 32.6 Å². The Balaban J connectivity index is 2.01. The molecule has 0 bridgehead atoms. The first-order chi connectivity index (χ1) is 11.0. The van der Waals surface area contributed by atoms with Gasteiger partial charge in [-0.15, -0.1) is 0 Å². The molecule has 3 rings (SSSR count). The van der Waals surface area contributed by atoms with Gasteiger partial charge >= 0.3 is 0 Å². The van der Waals surface area contributed by atoms with Crippen LogP contribution in [0.5, 0.6) is 5.75 Å². The van der Waals surface area contributed by atoms with Gasteiger partial charge in [-0.1, -0.05) is 44.0 Å². The molecule has 1 aliphatic rings. The molecule has 1 fully saturated rings. The molecule has 2 aromatic carbocycles. The molecule has 124 valence electrons. The van der Waals surface area contributed by atoms with Gasteiger partial charge in [0.15, 0.2) is 0 Å². The molecule has 0 unspecified atom stereocenters. The predicted molar refractivity (Wildman–Crippen MR) is 92.2 cm³/mol. The molecule has 0 heterocycles. The number of methoxy groups -OCH3 is 1. The van der Waals surface area contributed by atoms with Gasteiger partial charge in [0.05, 0.1) is 12.0 Å². The van der Waals surface area contributed by atoms with Gasteiger partial charge in [-0.3, -0.25) is 0 Å². The maximum atomic E-state index is 12.9. The van der Waals surface area contributed by atoms with Gasteiger partial charge in [0, 0.05) is 16.8 Å². The van der Waals surface area contributed by atoms with Crippen molar-refractivity contribution >= 4 is 20.8 Å². The second-order valence-corrected chi connectivity index (χ2v) is 7.98. The normalized spacial score (nSPS) is 22.2. The van der Waals surface area contributed by atoms with E-state index in [4.69, 9.17) is 4.74 Å². The molecule has 5 heteroatoms. The fraction of sp³-hybridized carbons (Fsp3) is 0.444. The Morgan fingerprint density at radius 2 is 1.74 bits per heavy atom. The van der Waals surface area contributed by atoms with Crippen molar-refractivity contribution in [3.8, 4) is 5.75 Å². The summed E-state index contributed by atoms with van der Waals surface area (Å²) in [5.41, 5.74) is 0. The molecule has 0 amide bonds. The summed E-state index contributed by atoms with van der Waals surface area (Å²) in [5, 5.41) is 1.51. The van der Waals surface area contributed by atoms with Gasteiger partial charge in [-0.2, -0.15) is 0 Å². The number of nitrogens with one attached hydrogen (secondary N) is 1. The van der Waals surface area contributed by atoms with Crippen LogP contribution < -0.4 is 9.46 Å². The average molecular weight is 333 g/mol. The van der Waals surface area contributed by atoms with Crippen molar-refractivity contribution in [3.05, 3.63) is 36.4 Å². The van der Waals surface area contributed by atoms with Crippen LogP contribution in [-0.4, -0.2) is 21.6 Å². The van der Waals surface area contributed by atoms with E-state index >= 15 is 0 Å². The lowest BCUT2D eigenvalue weighted by atomic mass is 9.87. The Labute approximate surface area is 137 Å². The third-order valence-corrected chi connectivity index (χ3v) is 6.32. The van der Waals surface area contributed by atoms with E-state index in [0.29, 0.717) is 21.9 Å². The smallest absolute Gasteiger partial charge is 0.241 e. The van der Waals surface area contributed by atoms with E-state index < -0.39 is 10.0 Å². The van der Waals surface area contributed by atoms with Crippen LogP contribution in [0.4, 0.5) is 0 Å². The number of hydrogen-bond donors (Lipinski definition) is 1. The fourth-order valence-corrected chi connectivity index (χ4v) is 5.00. The van der Waals surface area contributed by atoms with Crippen LogP contribution >= 0.6 is 0 Å². The second kappa shape index (κ2) is 6.49. The minimum absolute atomic E-state index is 0.0228. The first kappa shape index (κ1) is 16.3. The Morgan fingerprint density at radius 1 is 1.04 bits per heavy atom. The number of sulfonamides is 1. The molecule has 0 spiro atoms. The monoisotopic (exact) mass is 333 g/mol. The quantitative estimate of drug-likeness (QED) is 0.928. The maximum Gasteiger partial charge on any atom is 0.241 e. The van der Waals surface area contributed by atoms with Gasteiger partial charge in [-0.25, -0.2) is 13.1 Å². The van der Waals surface area contributed by atoms with Gasteiger partial charge in [0.25, 0.3) is 0 Å². The second-order valence-electron chi connectivity index (χ2n) is 6.30. The Morgan fingerprint density at radius 3 is 2.43 bits per heavy atom. The number of hydrogen-bond acceptors (Lipinski definition) is 3. The average Bonchev–Trinajstić information content (AvgIpc) is 2.55. The van der Waals surface area contributed by atoms with Crippen LogP contribution in [0, 0.1) is 5.92 Å². The van der Waals surface area contributed by atoms with Crippen molar-refractivity contribution in [1.29, 1.82) is 0 Å². The predicted octanol–water partition coefficient (Wildman–Crippen LogP) is 3.71. The van der Waals surface area contributed by atoms with Gasteiger partial charge in [0.1, 0.15) is 5.75 Å². The third-order valence-electron chi connectivity index (χ3n) is 4.77. The number of ether oxygens (including phenoxy) is 1. The molecule has 23 heavy (non-hydrogen) atoms. The molecule has 0 aliphatic heterocycles. The summed E-state index contributed by atoms with van der Waals surface area (Å²) in [6.45, 7) is 2.12. The van der Waals surface area contributed by atoms with Crippen LogP contribution in [0.2, 0.25) is 0 Å². The summed E-state index contributed by atoms with van der Waals surface area (Å²) in [7, 11) is -1.95. The number of rotatable bonds is 4. The highest BCUT2D eigenvalue weighted by Crippen LogP contribution is 2.32. The SMILES string of the molecule is COc1ccc(S(=O)(=O)N[C@@H]2CCCC[C@H]2C)c2ccccc12. The topological polar surface area (TPSA) is 55.4 Å². The van der Waals surface area contributed by atoms with Gasteiger partial charge < -0.3 is 4.74 Å². The molecule has 0 aromatic heterocycles. The molecule has 1 aliphatic carbocycles. The van der Waals surface area contributed by atoms with Gasteiger partial charge in [-0.05, 0) is 30.9 Å². The molecule has 0 radical (unpaired) electrons. The molecule has 0 saturated heterocycles. The highest BCUT2D eigenvalue weighted by molar-refractivity contribution is 7.89. The van der Waals surface area contributed by atoms with E-state index in [-0.39, 0.29) is 6.04 Å². The van der Waals surface area contributed by atoms with Crippen LogP contribution in [0.3, 0.4) is 0 Å². The van der Waals surface area contributed by atoms with Crippen molar-refractivity contribution in [2.75, 3.05) is 7.11 Å². The Hall–Kier alpha value is -1.59. The zero-order chi connectivity index (χ0) is 16.4. The lowest BCUT2D eigenvalue weighted by Gasteiger charge is -2.29. The van der Waals surface area contributed by atoms with E-state index in [1.165, 1.54) is 6.42 Å². The molecule has 2 atom stereocenters. The molecule has 1 saturated carbocycles. The highest BCUT2D eigenvalue weighted by atomic mass is 32.2. The lowest BCUT2D eigenvalue weighted by Crippen LogP contribution is -2.41.